The van der Waals surface area contributed by atoms with Crippen LogP contribution in [0.4, 0.5) is 5.82 Å². The van der Waals surface area contributed by atoms with E-state index in [0.717, 1.165) is 42.4 Å². The summed E-state index contributed by atoms with van der Waals surface area (Å²) in [7, 11) is 1.91. The third-order valence-electron chi connectivity index (χ3n) is 5.23. The molecule has 1 saturated carbocycles. The first-order chi connectivity index (χ1) is 14.2. The molecule has 3 aromatic heterocycles. The second-order valence-electron chi connectivity index (χ2n) is 7.55. The van der Waals surface area contributed by atoms with Crippen LogP contribution in [0.2, 0.25) is 0 Å². The van der Waals surface area contributed by atoms with Gasteiger partial charge in [0, 0.05) is 50.9 Å². The first-order valence-corrected chi connectivity index (χ1v) is 10.1. The molecule has 2 aliphatic rings. The van der Waals surface area contributed by atoms with Gasteiger partial charge in [0.1, 0.15) is 5.82 Å². The van der Waals surface area contributed by atoms with Crippen LogP contribution in [0.3, 0.4) is 0 Å². The van der Waals surface area contributed by atoms with Gasteiger partial charge in [0.15, 0.2) is 5.82 Å². The van der Waals surface area contributed by atoms with Gasteiger partial charge in [0.2, 0.25) is 0 Å². The molecule has 2 fully saturated rings. The molecule has 0 bridgehead atoms. The van der Waals surface area contributed by atoms with Gasteiger partial charge in [-0.25, -0.2) is 4.68 Å². The molecule has 3 aromatic rings. The molecule has 9 heteroatoms. The van der Waals surface area contributed by atoms with Crippen molar-refractivity contribution in [3.63, 3.8) is 0 Å². The molecule has 4 heterocycles. The van der Waals surface area contributed by atoms with Gasteiger partial charge in [-0.2, -0.15) is 20.2 Å². The molecule has 1 aliphatic heterocycles. The fourth-order valence-electron chi connectivity index (χ4n) is 3.46. The average Bonchev–Trinajstić information content (AvgIpc) is 3.33. The van der Waals surface area contributed by atoms with E-state index in [4.69, 9.17) is 14.6 Å². The highest BCUT2D eigenvalue weighted by Gasteiger charge is 2.26. The van der Waals surface area contributed by atoms with Crippen molar-refractivity contribution in [3.8, 4) is 11.8 Å². The largest absolute Gasteiger partial charge is 0.463 e. The predicted molar refractivity (Wildman–Crippen MR) is 107 cm³/mol. The summed E-state index contributed by atoms with van der Waals surface area (Å²) in [5, 5.41) is 8.91. The average molecular weight is 395 g/mol. The normalized spacial score (nSPS) is 16.9. The minimum Gasteiger partial charge on any atom is -0.463 e. The van der Waals surface area contributed by atoms with Crippen molar-refractivity contribution >= 4 is 5.82 Å². The summed E-state index contributed by atoms with van der Waals surface area (Å²) in [5.41, 5.74) is 2.26. The molecule has 0 N–H and O–H groups in total. The Morgan fingerprint density at radius 2 is 2.00 bits per heavy atom. The van der Waals surface area contributed by atoms with Crippen LogP contribution in [0.5, 0.6) is 6.01 Å². The summed E-state index contributed by atoms with van der Waals surface area (Å²) >= 11 is 0. The molecule has 0 radical (unpaired) electrons. The summed E-state index contributed by atoms with van der Waals surface area (Å²) < 4.78 is 15.0. The van der Waals surface area contributed by atoms with Gasteiger partial charge < -0.3 is 14.4 Å². The maximum absolute atomic E-state index is 5.92. The number of ether oxygens (including phenoxy) is 2. The van der Waals surface area contributed by atoms with Crippen molar-refractivity contribution in [3.05, 3.63) is 42.0 Å². The zero-order chi connectivity index (χ0) is 19.6. The Morgan fingerprint density at radius 3 is 2.76 bits per heavy atom. The van der Waals surface area contributed by atoms with Crippen molar-refractivity contribution in [1.29, 1.82) is 0 Å². The third kappa shape index (κ3) is 4.24. The van der Waals surface area contributed by atoms with Gasteiger partial charge in [0.25, 0.3) is 0 Å². The molecule has 29 heavy (non-hydrogen) atoms. The van der Waals surface area contributed by atoms with E-state index in [2.05, 4.69) is 26.0 Å². The molecule has 0 atom stereocenters. The van der Waals surface area contributed by atoms with Crippen LogP contribution in [0.15, 0.2) is 30.7 Å². The SMILES string of the molecule is Cn1cc(CCOc2nc(N3CCOCC3)cc(-n3ccc(C4CC4)n3)n2)cn1. The Bertz CT molecular complexity index is 973. The van der Waals surface area contributed by atoms with Crippen molar-refractivity contribution in [2.45, 2.75) is 25.2 Å². The van der Waals surface area contributed by atoms with E-state index in [9.17, 15) is 0 Å². The van der Waals surface area contributed by atoms with Crippen molar-refractivity contribution in [1.82, 2.24) is 29.5 Å². The van der Waals surface area contributed by atoms with Crippen LogP contribution in [-0.2, 0) is 18.2 Å². The zero-order valence-electron chi connectivity index (χ0n) is 16.6. The smallest absolute Gasteiger partial charge is 0.320 e. The lowest BCUT2D eigenvalue weighted by atomic mass is 10.3. The van der Waals surface area contributed by atoms with Gasteiger partial charge in [0.05, 0.1) is 31.7 Å². The second-order valence-corrected chi connectivity index (χ2v) is 7.55. The maximum atomic E-state index is 5.92. The predicted octanol–water partition coefficient (Wildman–Crippen LogP) is 1.73. The van der Waals surface area contributed by atoms with E-state index in [1.165, 1.54) is 12.8 Å². The van der Waals surface area contributed by atoms with E-state index in [1.807, 2.05) is 36.4 Å². The van der Waals surface area contributed by atoms with Crippen molar-refractivity contribution < 1.29 is 9.47 Å². The number of anilines is 1. The molecule has 0 amide bonds. The lowest BCUT2D eigenvalue weighted by Crippen LogP contribution is -2.37. The summed E-state index contributed by atoms with van der Waals surface area (Å²) in [5.74, 6) is 2.18. The fraction of sp³-hybridized carbons (Fsp3) is 0.500. The van der Waals surface area contributed by atoms with Crippen LogP contribution in [-0.4, -0.2) is 62.4 Å². The Morgan fingerprint density at radius 1 is 1.17 bits per heavy atom. The van der Waals surface area contributed by atoms with Crippen LogP contribution in [0, 0.1) is 0 Å². The highest BCUT2D eigenvalue weighted by Crippen LogP contribution is 2.39. The van der Waals surface area contributed by atoms with E-state index in [1.54, 1.807) is 4.68 Å². The Hall–Kier alpha value is -2.94. The Kier molecular flexibility index (Phi) is 4.89. The summed E-state index contributed by atoms with van der Waals surface area (Å²) in [6, 6.07) is 4.43. The molecule has 0 unspecified atom stereocenters. The summed E-state index contributed by atoms with van der Waals surface area (Å²) in [4.78, 5) is 11.5. The molecule has 0 aromatic carbocycles. The second kappa shape index (κ2) is 7.82. The van der Waals surface area contributed by atoms with E-state index in [-0.39, 0.29) is 0 Å². The van der Waals surface area contributed by atoms with Gasteiger partial charge in [-0.15, -0.1) is 0 Å². The first-order valence-electron chi connectivity index (χ1n) is 10.1. The van der Waals surface area contributed by atoms with Crippen LogP contribution in [0.1, 0.15) is 30.0 Å². The molecule has 1 aliphatic carbocycles. The highest BCUT2D eigenvalue weighted by molar-refractivity contribution is 5.45. The van der Waals surface area contributed by atoms with Gasteiger partial charge >= 0.3 is 6.01 Å². The van der Waals surface area contributed by atoms with Crippen LogP contribution >= 0.6 is 0 Å². The van der Waals surface area contributed by atoms with E-state index in [0.29, 0.717) is 31.7 Å². The molecular weight excluding hydrogens is 370 g/mol. The molecule has 0 spiro atoms. The Labute approximate surface area is 169 Å². The van der Waals surface area contributed by atoms with Crippen molar-refractivity contribution in [2.24, 2.45) is 7.05 Å². The lowest BCUT2D eigenvalue weighted by molar-refractivity contribution is 0.122. The number of nitrogens with zero attached hydrogens (tertiary/aromatic N) is 7. The van der Waals surface area contributed by atoms with Gasteiger partial charge in [-0.1, -0.05) is 0 Å². The topological polar surface area (TPSA) is 83.1 Å². The molecule has 152 valence electrons. The summed E-state index contributed by atoms with van der Waals surface area (Å²) in [6.07, 6.45) is 9.01. The number of rotatable bonds is 7. The minimum atomic E-state index is 0.372. The molecule has 9 nitrogen and oxygen atoms in total. The van der Waals surface area contributed by atoms with E-state index >= 15 is 0 Å². The van der Waals surface area contributed by atoms with E-state index < -0.39 is 0 Å². The van der Waals surface area contributed by atoms with Crippen LogP contribution in [0.25, 0.3) is 5.82 Å². The molecule has 5 rings (SSSR count). The third-order valence-corrected chi connectivity index (χ3v) is 5.23. The molecular formula is C20H25N7O2. The first kappa shape index (κ1) is 18.1. The Balaban J connectivity index is 1.37. The standard InChI is InChI=1S/C20H25N7O2/c1-25-14-15(13-21-25)5-9-29-20-22-18(26-7-10-28-11-8-26)12-19(23-20)27-6-4-17(24-27)16-2-3-16/h4,6,12-14,16H,2-3,5,7-11H2,1H3. The zero-order valence-corrected chi connectivity index (χ0v) is 16.6. The number of hydrogen-bond acceptors (Lipinski definition) is 7. The molecule has 1 saturated heterocycles. The fourth-order valence-corrected chi connectivity index (χ4v) is 3.46. The lowest BCUT2D eigenvalue weighted by Gasteiger charge is -2.28. The van der Waals surface area contributed by atoms with Gasteiger partial charge in [-0.3, -0.25) is 4.68 Å². The minimum absolute atomic E-state index is 0.372. The van der Waals surface area contributed by atoms with Gasteiger partial charge in [-0.05, 0) is 24.5 Å². The highest BCUT2D eigenvalue weighted by atomic mass is 16.5. The number of morpholine rings is 1. The number of hydrogen-bond donors (Lipinski definition) is 0. The summed E-state index contributed by atoms with van der Waals surface area (Å²) in [6.45, 7) is 3.49. The monoisotopic (exact) mass is 395 g/mol. The maximum Gasteiger partial charge on any atom is 0.320 e. The quantitative estimate of drug-likeness (QED) is 0.602. The van der Waals surface area contributed by atoms with Crippen molar-refractivity contribution in [2.75, 3.05) is 37.8 Å². The number of aromatic nitrogens is 6. The number of aryl methyl sites for hydroxylation is 1. The van der Waals surface area contributed by atoms with Crippen LogP contribution < -0.4 is 9.64 Å².